The fraction of sp³-hybridized carbons (Fsp3) is 0.0500. The van der Waals surface area contributed by atoms with Crippen LogP contribution in [0.5, 0.6) is 11.5 Å². The predicted octanol–water partition coefficient (Wildman–Crippen LogP) is 4.27. The fourth-order valence-corrected chi connectivity index (χ4v) is 2.60. The normalized spacial score (nSPS) is 10.5. The van der Waals surface area contributed by atoms with E-state index in [2.05, 4.69) is 25.3 Å². The Bertz CT molecular complexity index is 1200. The van der Waals surface area contributed by atoms with Crippen molar-refractivity contribution in [3.8, 4) is 17.6 Å². The number of hydrogen-bond acceptors (Lipinski definition) is 7. The van der Waals surface area contributed by atoms with Crippen molar-refractivity contribution in [3.63, 3.8) is 0 Å². The molecule has 0 aliphatic rings. The zero-order valence-electron chi connectivity index (χ0n) is 14.7. The highest BCUT2D eigenvalue weighted by atomic mass is 19.1. The molecule has 7 nitrogen and oxygen atoms in total. The van der Waals surface area contributed by atoms with E-state index in [-0.39, 0.29) is 11.3 Å². The number of fused-ring (bicyclic) bond motifs is 1. The molecule has 2 heterocycles. The number of nitriles is 1. The van der Waals surface area contributed by atoms with Gasteiger partial charge in [-0.25, -0.2) is 19.3 Å². The molecule has 136 valence electrons. The van der Waals surface area contributed by atoms with Gasteiger partial charge in [0.1, 0.15) is 29.8 Å². The zero-order valence-corrected chi connectivity index (χ0v) is 14.7. The molecule has 2 aromatic carbocycles. The molecule has 4 aromatic rings. The van der Waals surface area contributed by atoms with Crippen LogP contribution in [0.3, 0.4) is 0 Å². The Morgan fingerprint density at radius 3 is 2.75 bits per heavy atom. The summed E-state index contributed by atoms with van der Waals surface area (Å²) in [5.74, 6) is 0.638. The molecular weight excluding hydrogens is 359 g/mol. The number of halogens is 1. The maximum absolute atomic E-state index is 14.1. The van der Waals surface area contributed by atoms with Crippen molar-refractivity contribution in [1.82, 2.24) is 19.9 Å². The Balaban J connectivity index is 1.73. The average Bonchev–Trinajstić information content (AvgIpc) is 2.71. The van der Waals surface area contributed by atoms with Crippen molar-refractivity contribution >= 4 is 22.5 Å². The van der Waals surface area contributed by atoms with E-state index in [9.17, 15) is 9.65 Å². The molecule has 0 aliphatic heterocycles. The van der Waals surface area contributed by atoms with Crippen LogP contribution >= 0.6 is 0 Å². The van der Waals surface area contributed by atoms with Gasteiger partial charge in [0.2, 0.25) is 0 Å². The second-order valence-electron chi connectivity index (χ2n) is 5.90. The first kappa shape index (κ1) is 17.3. The molecule has 0 aliphatic carbocycles. The van der Waals surface area contributed by atoms with E-state index >= 15 is 0 Å². The summed E-state index contributed by atoms with van der Waals surface area (Å²) in [6.45, 7) is 1.85. The van der Waals surface area contributed by atoms with E-state index in [4.69, 9.17) is 4.74 Å². The summed E-state index contributed by atoms with van der Waals surface area (Å²) in [7, 11) is 0. The Kier molecular flexibility index (Phi) is 4.48. The monoisotopic (exact) mass is 372 g/mol. The molecule has 0 saturated carbocycles. The van der Waals surface area contributed by atoms with Crippen LogP contribution < -0.4 is 10.1 Å². The highest BCUT2D eigenvalue weighted by Crippen LogP contribution is 2.31. The highest BCUT2D eigenvalue weighted by molar-refractivity contribution is 5.91. The van der Waals surface area contributed by atoms with E-state index in [0.717, 1.165) is 5.69 Å². The van der Waals surface area contributed by atoms with Crippen molar-refractivity contribution in [2.45, 2.75) is 6.92 Å². The molecule has 4 rings (SSSR count). The number of nitrogens with zero attached hydrogens (tertiary/aromatic N) is 5. The van der Waals surface area contributed by atoms with Crippen molar-refractivity contribution < 1.29 is 9.13 Å². The molecule has 0 fully saturated rings. The van der Waals surface area contributed by atoms with Crippen LogP contribution in [0.15, 0.2) is 55.1 Å². The highest BCUT2D eigenvalue weighted by Gasteiger charge is 2.12. The summed E-state index contributed by atoms with van der Waals surface area (Å²) in [5.41, 5.74) is 1.57. The molecular formula is C20H13FN6O. The summed E-state index contributed by atoms with van der Waals surface area (Å²) >= 11 is 0. The lowest BCUT2D eigenvalue weighted by atomic mass is 10.2. The van der Waals surface area contributed by atoms with Crippen LogP contribution in [0.2, 0.25) is 0 Å². The molecule has 0 saturated heterocycles. The number of benzene rings is 2. The average molecular weight is 372 g/mol. The first-order valence-electron chi connectivity index (χ1n) is 8.31. The summed E-state index contributed by atoms with van der Waals surface area (Å²) in [6.07, 6.45) is 4.67. The number of anilines is 2. The van der Waals surface area contributed by atoms with Crippen molar-refractivity contribution in [2.75, 3.05) is 5.32 Å². The van der Waals surface area contributed by atoms with Crippen molar-refractivity contribution in [1.29, 1.82) is 5.26 Å². The first-order chi connectivity index (χ1) is 13.6. The molecule has 2 aromatic heterocycles. The SMILES string of the molecule is Cc1cnc(Nc2ncnc3ccc(Oc4c(F)cccc4C#N)cc23)cn1. The quantitative estimate of drug-likeness (QED) is 0.571. The van der Waals surface area contributed by atoms with Gasteiger partial charge in [0.05, 0.1) is 29.2 Å². The summed E-state index contributed by atoms with van der Waals surface area (Å²) < 4.78 is 19.8. The molecule has 28 heavy (non-hydrogen) atoms. The Hall–Kier alpha value is -4.12. The van der Waals surface area contributed by atoms with Crippen LogP contribution in [0.25, 0.3) is 10.9 Å². The smallest absolute Gasteiger partial charge is 0.180 e. The van der Waals surface area contributed by atoms with Gasteiger partial charge in [-0.2, -0.15) is 5.26 Å². The minimum Gasteiger partial charge on any atom is -0.453 e. The Morgan fingerprint density at radius 2 is 1.96 bits per heavy atom. The van der Waals surface area contributed by atoms with Crippen LogP contribution in [0, 0.1) is 24.1 Å². The minimum atomic E-state index is -0.614. The van der Waals surface area contributed by atoms with E-state index in [1.54, 1.807) is 30.6 Å². The summed E-state index contributed by atoms with van der Waals surface area (Å²) in [4.78, 5) is 16.9. The molecule has 0 bridgehead atoms. The van der Waals surface area contributed by atoms with Gasteiger partial charge in [0, 0.05) is 5.39 Å². The third kappa shape index (κ3) is 3.41. The third-order valence-corrected chi connectivity index (χ3v) is 3.94. The molecule has 0 spiro atoms. The zero-order chi connectivity index (χ0) is 19.5. The lowest BCUT2D eigenvalue weighted by molar-refractivity contribution is 0.441. The number of ether oxygens (including phenoxy) is 1. The van der Waals surface area contributed by atoms with Crippen LogP contribution in [-0.2, 0) is 0 Å². The molecule has 8 heteroatoms. The number of aromatic nitrogens is 4. The van der Waals surface area contributed by atoms with Crippen molar-refractivity contribution in [2.24, 2.45) is 0 Å². The van der Waals surface area contributed by atoms with E-state index in [0.29, 0.717) is 28.3 Å². The Labute approximate surface area is 159 Å². The summed E-state index contributed by atoms with van der Waals surface area (Å²) in [5, 5.41) is 12.9. The molecule has 0 atom stereocenters. The van der Waals surface area contributed by atoms with Gasteiger partial charge in [-0.1, -0.05) is 6.07 Å². The standard InChI is InChI=1S/C20H13FN6O/c1-12-9-24-18(10-23-12)27-20-15-7-14(5-6-17(15)25-11-26-20)28-19-13(8-22)3-2-4-16(19)21/h2-7,9-11H,1H3,(H,24,25,26,27). The number of aryl methyl sites for hydroxylation is 1. The first-order valence-corrected chi connectivity index (χ1v) is 8.31. The second kappa shape index (κ2) is 7.25. The topological polar surface area (TPSA) is 96.6 Å². The van der Waals surface area contributed by atoms with E-state index in [1.807, 2.05) is 13.0 Å². The van der Waals surface area contributed by atoms with Gasteiger partial charge in [-0.05, 0) is 37.3 Å². The maximum atomic E-state index is 14.1. The molecule has 0 unspecified atom stereocenters. The van der Waals surface area contributed by atoms with E-state index < -0.39 is 5.82 Å². The van der Waals surface area contributed by atoms with Gasteiger partial charge in [0.15, 0.2) is 11.6 Å². The number of hydrogen-bond donors (Lipinski definition) is 1. The third-order valence-electron chi connectivity index (χ3n) is 3.94. The van der Waals surface area contributed by atoms with Gasteiger partial charge >= 0.3 is 0 Å². The number of para-hydroxylation sites is 1. The number of rotatable bonds is 4. The van der Waals surface area contributed by atoms with Crippen molar-refractivity contribution in [3.05, 3.63) is 72.2 Å². The van der Waals surface area contributed by atoms with E-state index in [1.165, 1.54) is 24.5 Å². The van der Waals surface area contributed by atoms with Crippen LogP contribution in [-0.4, -0.2) is 19.9 Å². The fourth-order valence-electron chi connectivity index (χ4n) is 2.60. The van der Waals surface area contributed by atoms with Crippen LogP contribution in [0.4, 0.5) is 16.0 Å². The van der Waals surface area contributed by atoms with Gasteiger partial charge < -0.3 is 10.1 Å². The number of nitrogens with one attached hydrogen (secondary N) is 1. The minimum absolute atomic E-state index is 0.109. The van der Waals surface area contributed by atoms with Gasteiger partial charge in [-0.15, -0.1) is 0 Å². The maximum Gasteiger partial charge on any atom is 0.180 e. The molecule has 1 N–H and O–H groups in total. The molecule has 0 radical (unpaired) electrons. The van der Waals surface area contributed by atoms with Crippen LogP contribution in [0.1, 0.15) is 11.3 Å². The summed E-state index contributed by atoms with van der Waals surface area (Å²) in [6, 6.07) is 11.2. The largest absolute Gasteiger partial charge is 0.453 e. The predicted molar refractivity (Wildman–Crippen MR) is 101 cm³/mol. The Morgan fingerprint density at radius 1 is 1.07 bits per heavy atom. The lowest BCUT2D eigenvalue weighted by Crippen LogP contribution is -1.99. The second-order valence-corrected chi connectivity index (χ2v) is 5.90. The lowest BCUT2D eigenvalue weighted by Gasteiger charge is -2.11. The van der Waals surface area contributed by atoms with Gasteiger partial charge in [0.25, 0.3) is 0 Å². The molecule has 0 amide bonds. The van der Waals surface area contributed by atoms with Gasteiger partial charge in [-0.3, -0.25) is 4.98 Å².